The maximum atomic E-state index is 15.4. The number of piperidine rings is 1. The van der Waals surface area contributed by atoms with E-state index in [4.69, 9.17) is 4.74 Å². The van der Waals surface area contributed by atoms with Gasteiger partial charge in [-0.25, -0.2) is 14.2 Å². The molecule has 1 fully saturated rings. The molecule has 43 heavy (non-hydrogen) atoms. The van der Waals surface area contributed by atoms with Crippen LogP contribution in [-0.4, -0.2) is 40.1 Å². The van der Waals surface area contributed by atoms with E-state index in [1.165, 1.54) is 23.1 Å². The average Bonchev–Trinajstić information content (AvgIpc) is 2.90. The molecule has 2 aromatic carbocycles. The van der Waals surface area contributed by atoms with E-state index in [0.29, 0.717) is 12.1 Å². The molecule has 232 valence electrons. The minimum atomic E-state index is -5.25. The summed E-state index contributed by atoms with van der Waals surface area (Å²) in [6.45, 7) is -0.671. The maximum Gasteiger partial charge on any atom is 0.433 e. The standard InChI is InChI=1S/C26H20F10N4O3/c27-21-13(5-6-16(25(31,32)33)20(21)22-38-18(26(34,35)36)11-19(41)39-22)12-37-23(42)40-9-7-14(8-10-40)43-17-4-2-1-3-15(17)24(28,29)30/h1-6,11,14H,7-10,12H2,(H,37,42)(H,38,39,41). The molecule has 0 saturated carbocycles. The number of aromatic nitrogens is 2. The second kappa shape index (κ2) is 11.8. The highest BCUT2D eigenvalue weighted by molar-refractivity contribution is 5.74. The topological polar surface area (TPSA) is 87.3 Å². The summed E-state index contributed by atoms with van der Waals surface area (Å²) in [6.07, 6.45) is -15.5. The summed E-state index contributed by atoms with van der Waals surface area (Å²) in [5, 5.41) is 2.29. The highest BCUT2D eigenvalue weighted by atomic mass is 19.4. The van der Waals surface area contributed by atoms with Gasteiger partial charge in [-0.1, -0.05) is 18.2 Å². The van der Waals surface area contributed by atoms with Crippen LogP contribution in [0, 0.1) is 5.82 Å². The lowest BCUT2D eigenvalue weighted by atomic mass is 10.0. The zero-order chi connectivity index (χ0) is 31.7. The van der Waals surface area contributed by atoms with Crippen LogP contribution in [0.1, 0.15) is 35.2 Å². The van der Waals surface area contributed by atoms with E-state index in [9.17, 15) is 49.1 Å². The number of nitrogens with one attached hydrogen (secondary N) is 2. The van der Waals surface area contributed by atoms with Crippen LogP contribution in [0.25, 0.3) is 11.4 Å². The minimum Gasteiger partial charge on any atom is -0.490 e. The highest BCUT2D eigenvalue weighted by Gasteiger charge is 2.39. The zero-order valence-electron chi connectivity index (χ0n) is 21.6. The number of carbonyl (C=O) groups excluding carboxylic acids is 1. The summed E-state index contributed by atoms with van der Waals surface area (Å²) in [7, 11) is 0. The number of hydrogen-bond acceptors (Lipinski definition) is 4. The normalized spacial score (nSPS) is 15.0. The van der Waals surface area contributed by atoms with Gasteiger partial charge in [-0.05, 0) is 18.2 Å². The summed E-state index contributed by atoms with van der Waals surface area (Å²) < 4.78 is 141. The van der Waals surface area contributed by atoms with Crippen molar-refractivity contribution in [3.63, 3.8) is 0 Å². The van der Waals surface area contributed by atoms with E-state index in [1.807, 2.05) is 0 Å². The molecule has 1 aliphatic heterocycles. The number of alkyl halides is 9. The number of carbonyl (C=O) groups is 1. The first-order valence-corrected chi connectivity index (χ1v) is 12.4. The van der Waals surface area contributed by atoms with Crippen LogP contribution in [-0.2, 0) is 25.1 Å². The molecule has 0 unspecified atom stereocenters. The van der Waals surface area contributed by atoms with Crippen molar-refractivity contribution in [2.24, 2.45) is 0 Å². The van der Waals surface area contributed by atoms with E-state index in [-0.39, 0.29) is 37.7 Å². The van der Waals surface area contributed by atoms with E-state index in [0.717, 1.165) is 6.07 Å². The molecule has 4 rings (SSSR count). The molecule has 17 heteroatoms. The Morgan fingerprint density at radius 3 is 2.16 bits per heavy atom. The molecule has 0 bridgehead atoms. The summed E-state index contributed by atoms with van der Waals surface area (Å²) in [4.78, 5) is 30.3. The minimum absolute atomic E-state index is 0.00203. The molecule has 0 atom stereocenters. The molecule has 2 heterocycles. The van der Waals surface area contributed by atoms with E-state index >= 15 is 4.39 Å². The van der Waals surface area contributed by atoms with E-state index in [1.54, 1.807) is 4.98 Å². The quantitative estimate of drug-likeness (QED) is 0.322. The molecule has 2 N–H and O–H groups in total. The monoisotopic (exact) mass is 626 g/mol. The molecular weight excluding hydrogens is 606 g/mol. The van der Waals surface area contributed by atoms with Crippen LogP contribution in [0.15, 0.2) is 47.3 Å². The third kappa shape index (κ3) is 7.37. The van der Waals surface area contributed by atoms with Crippen LogP contribution < -0.4 is 15.6 Å². The molecule has 1 aromatic heterocycles. The fourth-order valence-electron chi connectivity index (χ4n) is 4.39. The van der Waals surface area contributed by atoms with Gasteiger partial charge in [0.2, 0.25) is 0 Å². The summed E-state index contributed by atoms with van der Waals surface area (Å²) in [5.74, 6) is -3.36. The SMILES string of the molecule is O=C(NCc1ccc(C(F)(F)F)c(-c2nc(C(F)(F)F)cc(=O)[nH]2)c1F)N1CCC(Oc2ccccc2C(F)(F)F)CC1. The van der Waals surface area contributed by atoms with Gasteiger partial charge in [0.25, 0.3) is 5.56 Å². The van der Waals surface area contributed by atoms with Gasteiger partial charge >= 0.3 is 24.6 Å². The zero-order valence-corrected chi connectivity index (χ0v) is 21.6. The maximum absolute atomic E-state index is 15.4. The first-order valence-electron chi connectivity index (χ1n) is 12.4. The van der Waals surface area contributed by atoms with Crippen molar-refractivity contribution < 1.29 is 53.4 Å². The molecule has 1 saturated heterocycles. The van der Waals surface area contributed by atoms with Crippen LogP contribution in [0.3, 0.4) is 0 Å². The second-order valence-corrected chi connectivity index (χ2v) is 9.39. The number of nitrogens with zero attached hydrogens (tertiary/aromatic N) is 2. The Bertz CT molecular complexity index is 1540. The summed E-state index contributed by atoms with van der Waals surface area (Å²) >= 11 is 0. The van der Waals surface area contributed by atoms with Crippen molar-refractivity contribution in [3.05, 3.63) is 81.0 Å². The van der Waals surface area contributed by atoms with Crippen molar-refractivity contribution in [1.82, 2.24) is 20.2 Å². The predicted octanol–water partition coefficient (Wildman–Crippen LogP) is 6.39. The smallest absolute Gasteiger partial charge is 0.433 e. The third-order valence-electron chi connectivity index (χ3n) is 6.44. The van der Waals surface area contributed by atoms with Crippen molar-refractivity contribution >= 4 is 6.03 Å². The molecule has 3 aromatic rings. The molecule has 7 nitrogen and oxygen atoms in total. The number of amides is 2. The third-order valence-corrected chi connectivity index (χ3v) is 6.44. The number of likely N-dealkylation sites (tertiary alicyclic amines) is 1. The molecular formula is C26H20F10N4O3. The van der Waals surface area contributed by atoms with Crippen LogP contribution in [0.5, 0.6) is 5.75 Å². The summed E-state index contributed by atoms with van der Waals surface area (Å²) in [6, 6.07) is 4.88. The lowest BCUT2D eigenvalue weighted by molar-refractivity contribution is -0.141. The molecule has 1 aliphatic rings. The molecule has 2 amide bonds. The number of benzene rings is 2. The lowest BCUT2D eigenvalue weighted by Gasteiger charge is -2.32. The Kier molecular flexibility index (Phi) is 8.65. The fourth-order valence-corrected chi connectivity index (χ4v) is 4.39. The van der Waals surface area contributed by atoms with Gasteiger partial charge in [0, 0.05) is 44.1 Å². The van der Waals surface area contributed by atoms with Crippen LogP contribution >= 0.6 is 0 Å². The van der Waals surface area contributed by atoms with Crippen LogP contribution in [0.4, 0.5) is 48.7 Å². The van der Waals surface area contributed by atoms with E-state index in [2.05, 4.69) is 10.3 Å². The van der Waals surface area contributed by atoms with E-state index < -0.39 is 82.4 Å². The van der Waals surface area contributed by atoms with Gasteiger partial charge < -0.3 is 19.9 Å². The predicted molar refractivity (Wildman–Crippen MR) is 129 cm³/mol. The van der Waals surface area contributed by atoms with Crippen molar-refractivity contribution in [2.75, 3.05) is 13.1 Å². The number of urea groups is 1. The Morgan fingerprint density at radius 1 is 0.930 bits per heavy atom. The van der Waals surface area contributed by atoms with Gasteiger partial charge in [0.05, 0.1) is 16.7 Å². The Morgan fingerprint density at radius 2 is 1.56 bits per heavy atom. The molecule has 0 spiro atoms. The number of rotatable bonds is 5. The number of halogens is 10. The number of hydrogen-bond donors (Lipinski definition) is 2. The van der Waals surface area contributed by atoms with Crippen LogP contribution in [0.2, 0.25) is 0 Å². The van der Waals surface area contributed by atoms with Gasteiger partial charge in [-0.2, -0.15) is 39.5 Å². The Balaban J connectivity index is 1.48. The lowest BCUT2D eigenvalue weighted by Crippen LogP contribution is -2.46. The van der Waals surface area contributed by atoms with Gasteiger partial charge in [-0.15, -0.1) is 0 Å². The van der Waals surface area contributed by atoms with Crippen molar-refractivity contribution in [2.45, 2.75) is 44.0 Å². The van der Waals surface area contributed by atoms with Gasteiger partial charge in [-0.3, -0.25) is 4.79 Å². The highest BCUT2D eigenvalue weighted by Crippen LogP contribution is 2.39. The van der Waals surface area contributed by atoms with Gasteiger partial charge in [0.1, 0.15) is 23.5 Å². The molecule has 0 radical (unpaired) electrons. The Labute approximate surface area is 235 Å². The van der Waals surface area contributed by atoms with Gasteiger partial charge in [0.15, 0.2) is 5.69 Å². The fraction of sp³-hybridized carbons (Fsp3) is 0.346. The number of aromatic amines is 1. The van der Waals surface area contributed by atoms with Crippen molar-refractivity contribution in [3.8, 4) is 17.1 Å². The Hall–Kier alpha value is -4.31. The number of H-pyrrole nitrogens is 1. The first-order chi connectivity index (χ1) is 19.9. The first kappa shape index (κ1) is 31.6. The largest absolute Gasteiger partial charge is 0.490 e. The summed E-state index contributed by atoms with van der Waals surface area (Å²) in [5.41, 5.74) is -7.99. The van der Waals surface area contributed by atoms with Crippen molar-refractivity contribution in [1.29, 1.82) is 0 Å². The number of ether oxygens (including phenoxy) is 1. The number of para-hydroxylation sites is 1. The second-order valence-electron chi connectivity index (χ2n) is 9.39. The molecule has 0 aliphatic carbocycles. The average molecular weight is 626 g/mol.